The standard InChI is InChI=1S/C4H7PS/c1-4(2)3-5-6/h3H,1-2H3. The van der Waals surface area contributed by atoms with Gasteiger partial charge in [0.25, 0.3) is 0 Å². The van der Waals surface area contributed by atoms with Crippen LogP contribution in [0.5, 0.6) is 0 Å². The maximum atomic E-state index is 4.62. The van der Waals surface area contributed by atoms with Crippen molar-refractivity contribution in [2.45, 2.75) is 13.8 Å². The molecule has 0 aromatic heterocycles. The first kappa shape index (κ1) is 6.26. The first-order valence-electron chi connectivity index (χ1n) is 1.73. The molecule has 0 atom stereocenters. The Labute approximate surface area is 45.1 Å². The summed E-state index contributed by atoms with van der Waals surface area (Å²) in [5.74, 6) is 2.00. The van der Waals surface area contributed by atoms with Crippen molar-refractivity contribution in [3.8, 4) is 0 Å². The van der Waals surface area contributed by atoms with Gasteiger partial charge in [0.1, 0.15) is 0 Å². The molecule has 0 saturated carbocycles. The molecule has 0 nitrogen and oxygen atoms in total. The van der Waals surface area contributed by atoms with Crippen molar-refractivity contribution in [2.24, 2.45) is 0 Å². The van der Waals surface area contributed by atoms with Crippen molar-refractivity contribution in [3.63, 3.8) is 0 Å². The van der Waals surface area contributed by atoms with E-state index in [1.54, 1.807) is 0 Å². The highest BCUT2D eigenvalue weighted by Crippen LogP contribution is 1.98. The minimum Gasteiger partial charge on any atom is -0.0711 e. The van der Waals surface area contributed by atoms with Crippen LogP contribution >= 0.6 is 7.36 Å². The van der Waals surface area contributed by atoms with Crippen LogP contribution in [0.2, 0.25) is 0 Å². The topological polar surface area (TPSA) is 0 Å². The smallest absolute Gasteiger partial charge is 0.00173 e. The summed E-state index contributed by atoms with van der Waals surface area (Å²) < 4.78 is 0. The van der Waals surface area contributed by atoms with Gasteiger partial charge in [-0.05, 0) is 19.7 Å². The zero-order valence-electron chi connectivity index (χ0n) is 3.93. The largest absolute Gasteiger partial charge is 0.0711 e. The minimum atomic E-state index is 0.945. The molecule has 0 aliphatic heterocycles. The molecular weight excluding hydrogens is 111 g/mol. The van der Waals surface area contributed by atoms with E-state index in [9.17, 15) is 0 Å². The molecule has 6 heavy (non-hydrogen) atoms. The molecule has 0 aromatic rings. The second-order valence-corrected chi connectivity index (χ2v) is 2.41. The van der Waals surface area contributed by atoms with E-state index in [2.05, 4.69) is 11.8 Å². The highest BCUT2D eigenvalue weighted by Gasteiger charge is 1.65. The Morgan fingerprint density at radius 2 is 2.17 bits per heavy atom. The summed E-state index contributed by atoms with van der Waals surface area (Å²) in [6, 6.07) is 0. The van der Waals surface area contributed by atoms with Crippen molar-refractivity contribution >= 4 is 19.2 Å². The molecule has 2 heteroatoms. The van der Waals surface area contributed by atoms with Gasteiger partial charge in [-0.3, -0.25) is 0 Å². The fraction of sp³-hybridized carbons (Fsp3) is 0.500. The van der Waals surface area contributed by atoms with E-state index in [0.29, 0.717) is 0 Å². The Morgan fingerprint density at radius 3 is 2.17 bits per heavy atom. The van der Waals surface area contributed by atoms with Gasteiger partial charge in [-0.1, -0.05) is 17.4 Å². The Bertz CT molecular complexity index is 71.6. The molecule has 0 fully saturated rings. The predicted octanol–water partition coefficient (Wildman–Crippen LogP) is 2.32. The van der Waals surface area contributed by atoms with Crippen LogP contribution in [0.4, 0.5) is 0 Å². The lowest BCUT2D eigenvalue weighted by atomic mass is 10.4. The normalized spacial score (nSPS) is 8.33. The minimum absolute atomic E-state index is 0.945. The second-order valence-electron chi connectivity index (χ2n) is 1.31. The van der Waals surface area contributed by atoms with Crippen molar-refractivity contribution in [3.05, 3.63) is 11.4 Å². The molecule has 0 aliphatic carbocycles. The van der Waals surface area contributed by atoms with Crippen LogP contribution in [0.1, 0.15) is 13.8 Å². The van der Waals surface area contributed by atoms with Crippen molar-refractivity contribution in [1.82, 2.24) is 0 Å². The van der Waals surface area contributed by atoms with E-state index in [1.165, 1.54) is 5.57 Å². The predicted molar refractivity (Wildman–Crippen MR) is 33.7 cm³/mol. The van der Waals surface area contributed by atoms with E-state index >= 15 is 0 Å². The molecule has 0 amide bonds. The molecule has 0 rings (SSSR count). The Balaban J connectivity index is 3.41. The van der Waals surface area contributed by atoms with Crippen molar-refractivity contribution in [2.75, 3.05) is 0 Å². The van der Waals surface area contributed by atoms with Gasteiger partial charge in [-0.2, -0.15) is 0 Å². The molecule has 0 aromatic carbocycles. The first-order valence-corrected chi connectivity index (χ1v) is 3.71. The van der Waals surface area contributed by atoms with Gasteiger partial charge >= 0.3 is 0 Å². The van der Waals surface area contributed by atoms with Crippen LogP contribution in [-0.2, 0) is 11.8 Å². The van der Waals surface area contributed by atoms with Crippen LogP contribution in [0.3, 0.4) is 0 Å². The molecule has 34 valence electrons. The molecule has 0 N–H and O–H groups in total. The number of allylic oxidation sites excluding steroid dienone is 1. The third-order valence-corrected chi connectivity index (χ3v) is 1.25. The molecular formula is C4H7PS. The highest BCUT2D eigenvalue weighted by atomic mass is 32.4. The van der Waals surface area contributed by atoms with Gasteiger partial charge in [0.15, 0.2) is 0 Å². The van der Waals surface area contributed by atoms with Gasteiger partial charge in [-0.15, -0.1) is 0 Å². The van der Waals surface area contributed by atoms with Gasteiger partial charge in [0.05, 0.1) is 0 Å². The van der Waals surface area contributed by atoms with Crippen LogP contribution in [0.15, 0.2) is 11.4 Å². The lowest BCUT2D eigenvalue weighted by Gasteiger charge is -1.74. The fourth-order valence-electron chi connectivity index (χ4n) is 0.105. The van der Waals surface area contributed by atoms with Gasteiger partial charge in [0.2, 0.25) is 0 Å². The first-order chi connectivity index (χ1) is 2.77. The maximum absolute atomic E-state index is 4.62. The Morgan fingerprint density at radius 1 is 1.67 bits per heavy atom. The van der Waals surface area contributed by atoms with E-state index in [-0.39, 0.29) is 0 Å². The average molecular weight is 118 g/mol. The van der Waals surface area contributed by atoms with Gasteiger partial charge in [0, 0.05) is 7.36 Å². The van der Waals surface area contributed by atoms with E-state index < -0.39 is 0 Å². The zero-order chi connectivity index (χ0) is 4.99. The molecule has 0 saturated heterocycles. The van der Waals surface area contributed by atoms with Crippen LogP contribution < -0.4 is 0 Å². The molecule has 0 spiro atoms. The van der Waals surface area contributed by atoms with E-state index in [0.717, 1.165) is 7.36 Å². The van der Waals surface area contributed by atoms with Crippen LogP contribution in [0.25, 0.3) is 0 Å². The monoisotopic (exact) mass is 118 g/mol. The Hall–Kier alpha value is 0.260. The highest BCUT2D eigenvalue weighted by molar-refractivity contribution is 7.97. The number of hydrogen-bond acceptors (Lipinski definition) is 1. The molecule has 0 radical (unpaired) electrons. The summed E-state index contributed by atoms with van der Waals surface area (Å²) in [5.41, 5.74) is 1.30. The molecule has 0 heterocycles. The summed E-state index contributed by atoms with van der Waals surface area (Å²) in [6.45, 7) is 4.08. The van der Waals surface area contributed by atoms with Gasteiger partial charge < -0.3 is 0 Å². The summed E-state index contributed by atoms with van der Waals surface area (Å²) >= 11 is 4.62. The number of rotatable bonds is 1. The molecule has 0 bridgehead atoms. The average Bonchev–Trinajstić information content (AvgIpc) is 1.35. The third kappa shape index (κ3) is 4.26. The molecule has 0 unspecified atom stereocenters. The quantitative estimate of drug-likeness (QED) is 0.476. The van der Waals surface area contributed by atoms with Crippen LogP contribution in [-0.4, -0.2) is 0 Å². The fourth-order valence-corrected chi connectivity index (χ4v) is 0.949. The summed E-state index contributed by atoms with van der Waals surface area (Å²) in [4.78, 5) is 0. The molecule has 0 aliphatic rings. The summed E-state index contributed by atoms with van der Waals surface area (Å²) in [5, 5.41) is 0. The SMILES string of the molecule is CC(C)=CP=S. The van der Waals surface area contributed by atoms with E-state index in [4.69, 9.17) is 0 Å². The van der Waals surface area contributed by atoms with Gasteiger partial charge in [-0.25, -0.2) is 0 Å². The zero-order valence-corrected chi connectivity index (χ0v) is 5.64. The summed E-state index contributed by atoms with van der Waals surface area (Å²) in [6.07, 6.45) is 0. The van der Waals surface area contributed by atoms with E-state index in [1.807, 2.05) is 19.7 Å². The lowest BCUT2D eigenvalue weighted by Crippen LogP contribution is -1.50. The second kappa shape index (κ2) is 3.45. The maximum Gasteiger partial charge on any atom is 0.00173 e. The van der Waals surface area contributed by atoms with Crippen molar-refractivity contribution < 1.29 is 0 Å². The Kier molecular flexibility index (Phi) is 3.60. The number of hydrogen-bond donors (Lipinski definition) is 0. The van der Waals surface area contributed by atoms with Crippen LogP contribution in [0, 0.1) is 0 Å². The lowest BCUT2D eigenvalue weighted by molar-refractivity contribution is 1.42. The third-order valence-electron chi connectivity index (χ3n) is 0.311. The van der Waals surface area contributed by atoms with Crippen molar-refractivity contribution in [1.29, 1.82) is 0 Å². The summed E-state index contributed by atoms with van der Waals surface area (Å²) in [7, 11) is 0.945.